The smallest absolute Gasteiger partial charge is 0.303 e. The van der Waals surface area contributed by atoms with E-state index >= 15 is 0 Å². The van der Waals surface area contributed by atoms with Crippen molar-refractivity contribution in [1.82, 2.24) is 19.5 Å². The van der Waals surface area contributed by atoms with Crippen LogP contribution in [0.4, 0.5) is 5.82 Å². The standard InChI is InChI=1S/C35H33N5O7/c1-22(41)44-19-28-30(45-23(2)42)31(46-24(3)43)34(47-28)40-21-38-29-32(36-20-37-33(29)40)39-35(25-13-7-4-8-14-25,26-15-9-5-10-16-26)27-17-11-6-12-18-27/h4-18,20-21,28,30-31,34H,19H2,1-3H3,(H,36,37,39)/t28-,30-,31-,34-/m1/s1. The lowest BCUT2D eigenvalue weighted by atomic mass is 9.77. The summed E-state index contributed by atoms with van der Waals surface area (Å²) in [5.74, 6) is -1.35. The molecular weight excluding hydrogens is 602 g/mol. The number of fused-ring (bicyclic) bond motifs is 1. The van der Waals surface area contributed by atoms with Gasteiger partial charge in [-0.05, 0) is 16.7 Å². The Bertz CT molecular complexity index is 1770. The van der Waals surface area contributed by atoms with Gasteiger partial charge in [0.15, 0.2) is 35.4 Å². The molecule has 0 radical (unpaired) electrons. The molecular formula is C35H33N5O7. The van der Waals surface area contributed by atoms with Gasteiger partial charge in [0.25, 0.3) is 0 Å². The molecule has 12 nitrogen and oxygen atoms in total. The van der Waals surface area contributed by atoms with Gasteiger partial charge in [0.05, 0.1) is 6.33 Å². The fraction of sp³-hybridized carbons (Fsp3) is 0.257. The van der Waals surface area contributed by atoms with Crippen molar-refractivity contribution < 1.29 is 33.3 Å². The van der Waals surface area contributed by atoms with Gasteiger partial charge in [0.1, 0.15) is 24.6 Å². The minimum Gasteiger partial charge on any atom is -0.463 e. The van der Waals surface area contributed by atoms with Gasteiger partial charge in [-0.15, -0.1) is 0 Å². The van der Waals surface area contributed by atoms with Gasteiger partial charge in [0.2, 0.25) is 0 Å². The topological polar surface area (TPSA) is 144 Å². The van der Waals surface area contributed by atoms with E-state index in [9.17, 15) is 14.4 Å². The molecule has 47 heavy (non-hydrogen) atoms. The maximum absolute atomic E-state index is 12.2. The van der Waals surface area contributed by atoms with Gasteiger partial charge in [-0.3, -0.25) is 19.0 Å². The Balaban J connectivity index is 1.47. The Hall–Kier alpha value is -5.62. The molecule has 6 rings (SSSR count). The van der Waals surface area contributed by atoms with Crippen LogP contribution < -0.4 is 5.32 Å². The van der Waals surface area contributed by atoms with E-state index in [4.69, 9.17) is 18.9 Å². The molecule has 1 saturated heterocycles. The van der Waals surface area contributed by atoms with Crippen LogP contribution in [-0.4, -0.2) is 62.3 Å². The first-order valence-corrected chi connectivity index (χ1v) is 15.0. The van der Waals surface area contributed by atoms with Crippen LogP contribution in [0.3, 0.4) is 0 Å². The number of esters is 3. The van der Waals surface area contributed by atoms with Gasteiger partial charge in [0, 0.05) is 20.8 Å². The van der Waals surface area contributed by atoms with E-state index in [0.717, 1.165) is 16.7 Å². The van der Waals surface area contributed by atoms with Gasteiger partial charge >= 0.3 is 17.9 Å². The second-order valence-electron chi connectivity index (χ2n) is 11.0. The van der Waals surface area contributed by atoms with Crippen molar-refractivity contribution >= 4 is 34.9 Å². The predicted molar refractivity (Wildman–Crippen MR) is 170 cm³/mol. The summed E-state index contributed by atoms with van der Waals surface area (Å²) in [5, 5.41) is 3.73. The fourth-order valence-electron chi connectivity index (χ4n) is 6.00. The summed E-state index contributed by atoms with van der Waals surface area (Å²) in [6.07, 6.45) is -1.23. The molecule has 1 aliphatic rings. The SMILES string of the molecule is CC(=O)OC[C@H]1O[C@@H](n2cnc3c(NC(c4ccccc4)(c4ccccc4)c4ccccc4)ncnc32)[C@H](OC(C)=O)[C@@H]1OC(C)=O. The minimum absolute atomic E-state index is 0.232. The lowest BCUT2D eigenvalue weighted by Crippen LogP contribution is -2.40. The summed E-state index contributed by atoms with van der Waals surface area (Å²) in [5.41, 5.74) is 2.79. The third-order valence-corrected chi connectivity index (χ3v) is 7.90. The summed E-state index contributed by atoms with van der Waals surface area (Å²) in [4.78, 5) is 49.8. The fourth-order valence-corrected chi connectivity index (χ4v) is 6.00. The number of hydrogen-bond donors (Lipinski definition) is 1. The van der Waals surface area contributed by atoms with E-state index in [1.54, 1.807) is 4.57 Å². The molecule has 1 aliphatic heterocycles. The van der Waals surface area contributed by atoms with Gasteiger partial charge in [-0.2, -0.15) is 0 Å². The third kappa shape index (κ3) is 6.27. The molecule has 0 saturated carbocycles. The number of carbonyl (C=O) groups excluding carboxylic acids is 3. The van der Waals surface area contributed by atoms with Crippen molar-refractivity contribution in [2.24, 2.45) is 0 Å². The predicted octanol–water partition coefficient (Wildman–Crippen LogP) is 4.55. The Kier molecular flexibility index (Phi) is 8.94. The molecule has 12 heteroatoms. The maximum Gasteiger partial charge on any atom is 0.303 e. The second-order valence-corrected chi connectivity index (χ2v) is 11.0. The van der Waals surface area contributed by atoms with E-state index in [1.165, 1.54) is 33.4 Å². The molecule has 0 spiro atoms. The molecule has 3 aromatic carbocycles. The quantitative estimate of drug-likeness (QED) is 0.131. The Labute approximate surface area is 270 Å². The third-order valence-electron chi connectivity index (χ3n) is 7.90. The number of ether oxygens (including phenoxy) is 4. The first-order valence-electron chi connectivity index (χ1n) is 15.0. The Morgan fingerprint density at radius 2 is 1.28 bits per heavy atom. The highest BCUT2D eigenvalue weighted by Crippen LogP contribution is 2.41. The van der Waals surface area contributed by atoms with Crippen molar-refractivity contribution in [2.75, 3.05) is 11.9 Å². The average molecular weight is 636 g/mol. The molecule has 4 atom stereocenters. The van der Waals surface area contributed by atoms with E-state index in [2.05, 4.69) is 56.7 Å². The zero-order chi connectivity index (χ0) is 33.0. The lowest BCUT2D eigenvalue weighted by molar-refractivity contribution is -0.166. The normalized spacial score (nSPS) is 19.2. The molecule has 240 valence electrons. The zero-order valence-electron chi connectivity index (χ0n) is 26.0. The number of anilines is 1. The molecule has 0 amide bonds. The van der Waals surface area contributed by atoms with E-state index in [0.29, 0.717) is 17.0 Å². The monoisotopic (exact) mass is 635 g/mol. The maximum atomic E-state index is 12.2. The van der Waals surface area contributed by atoms with Crippen LogP contribution in [0.2, 0.25) is 0 Å². The second kappa shape index (κ2) is 13.4. The highest BCUT2D eigenvalue weighted by Gasteiger charge is 2.51. The Morgan fingerprint density at radius 3 is 1.79 bits per heavy atom. The van der Waals surface area contributed by atoms with Gasteiger partial charge in [-0.25, -0.2) is 15.0 Å². The summed E-state index contributed by atoms with van der Waals surface area (Å²) >= 11 is 0. The van der Waals surface area contributed by atoms with Crippen molar-refractivity contribution in [3.63, 3.8) is 0 Å². The molecule has 3 heterocycles. The summed E-state index contributed by atoms with van der Waals surface area (Å²) in [7, 11) is 0. The molecule has 0 bridgehead atoms. The van der Waals surface area contributed by atoms with E-state index < -0.39 is 48.0 Å². The zero-order valence-corrected chi connectivity index (χ0v) is 26.0. The highest BCUT2D eigenvalue weighted by atomic mass is 16.7. The molecule has 1 N–H and O–H groups in total. The van der Waals surface area contributed by atoms with Gasteiger partial charge in [-0.1, -0.05) is 91.0 Å². The summed E-state index contributed by atoms with van der Waals surface area (Å²) < 4.78 is 24.2. The highest BCUT2D eigenvalue weighted by molar-refractivity contribution is 5.84. The number of imidazole rings is 1. The van der Waals surface area contributed by atoms with Crippen LogP contribution in [-0.2, 0) is 38.9 Å². The van der Waals surface area contributed by atoms with Crippen LogP contribution in [0.5, 0.6) is 0 Å². The number of nitrogens with zero attached hydrogens (tertiary/aromatic N) is 4. The molecule has 0 unspecified atom stereocenters. The minimum atomic E-state index is -1.10. The lowest BCUT2D eigenvalue weighted by Gasteiger charge is -2.37. The first-order chi connectivity index (χ1) is 22.8. The number of hydrogen-bond acceptors (Lipinski definition) is 11. The van der Waals surface area contributed by atoms with Crippen LogP contribution in [0.15, 0.2) is 104 Å². The van der Waals surface area contributed by atoms with Crippen molar-refractivity contribution in [3.05, 3.63) is 120 Å². The number of aromatic nitrogens is 4. The van der Waals surface area contributed by atoms with Crippen LogP contribution in [0.25, 0.3) is 11.2 Å². The van der Waals surface area contributed by atoms with Crippen LogP contribution >= 0.6 is 0 Å². The van der Waals surface area contributed by atoms with E-state index in [1.807, 2.05) is 54.6 Å². The molecule has 5 aromatic rings. The average Bonchev–Trinajstić information content (AvgIpc) is 3.65. The van der Waals surface area contributed by atoms with Gasteiger partial charge < -0.3 is 24.3 Å². The number of carbonyl (C=O) groups is 3. The first kappa shape index (κ1) is 31.4. The molecule has 0 aliphatic carbocycles. The number of benzene rings is 3. The summed E-state index contributed by atoms with van der Waals surface area (Å²) in [6, 6.07) is 30.1. The molecule has 1 fully saturated rings. The number of nitrogens with one attached hydrogen (secondary N) is 1. The number of rotatable bonds is 10. The Morgan fingerprint density at radius 1 is 0.745 bits per heavy atom. The van der Waals surface area contributed by atoms with Crippen LogP contribution in [0.1, 0.15) is 43.7 Å². The van der Waals surface area contributed by atoms with Crippen molar-refractivity contribution in [2.45, 2.75) is 50.8 Å². The van der Waals surface area contributed by atoms with Crippen LogP contribution in [0, 0.1) is 0 Å². The van der Waals surface area contributed by atoms with Crippen molar-refractivity contribution in [3.8, 4) is 0 Å². The summed E-state index contributed by atoms with van der Waals surface area (Å²) in [6.45, 7) is 3.50. The van der Waals surface area contributed by atoms with Crippen molar-refractivity contribution in [1.29, 1.82) is 0 Å². The largest absolute Gasteiger partial charge is 0.463 e. The van der Waals surface area contributed by atoms with E-state index in [-0.39, 0.29) is 6.61 Å². The molecule has 2 aromatic heterocycles.